The van der Waals surface area contributed by atoms with Gasteiger partial charge in [0.05, 0.1) is 6.61 Å². The fourth-order valence-electron chi connectivity index (χ4n) is 1.19. The van der Waals surface area contributed by atoms with Crippen molar-refractivity contribution < 1.29 is 9.53 Å². The van der Waals surface area contributed by atoms with Gasteiger partial charge in [0.2, 0.25) is 5.91 Å². The lowest BCUT2D eigenvalue weighted by Crippen LogP contribution is -2.29. The van der Waals surface area contributed by atoms with E-state index in [-0.39, 0.29) is 5.91 Å². The number of hydrogen-bond acceptors (Lipinski definition) is 3. The Morgan fingerprint density at radius 2 is 2.50 bits per heavy atom. The summed E-state index contributed by atoms with van der Waals surface area (Å²) in [6.07, 6.45) is 1.58. The van der Waals surface area contributed by atoms with Crippen LogP contribution in [0, 0.1) is 5.92 Å². The molecule has 0 saturated carbocycles. The molecule has 1 unspecified atom stereocenters. The number of carbonyl (C=O) groups excluding carboxylic acids is 1. The zero-order chi connectivity index (χ0) is 8.81. The number of carbonyl (C=O) groups is 1. The summed E-state index contributed by atoms with van der Waals surface area (Å²) in [5, 5.41) is 2.86. The van der Waals surface area contributed by atoms with Crippen molar-refractivity contribution in [3.05, 3.63) is 0 Å². The lowest BCUT2D eigenvalue weighted by Gasteiger charge is -2.08. The van der Waals surface area contributed by atoms with Crippen LogP contribution in [0.1, 0.15) is 12.8 Å². The summed E-state index contributed by atoms with van der Waals surface area (Å²) in [6.45, 7) is 2.39. The molecule has 1 saturated heterocycles. The molecule has 4 heteroatoms. The summed E-state index contributed by atoms with van der Waals surface area (Å²) in [4.78, 5) is 11.0. The summed E-state index contributed by atoms with van der Waals surface area (Å²) in [5.41, 5.74) is 0. The van der Waals surface area contributed by atoms with E-state index in [1.807, 2.05) is 0 Å². The highest BCUT2D eigenvalue weighted by molar-refractivity contribution is 7.80. The second-order valence-corrected chi connectivity index (χ2v) is 3.45. The van der Waals surface area contributed by atoms with Gasteiger partial charge < -0.3 is 10.1 Å². The number of nitrogens with one attached hydrogen (secondary N) is 1. The Kier molecular flexibility index (Phi) is 4.46. The Labute approximate surface area is 78.3 Å². The predicted octanol–water partition coefficient (Wildman–Crippen LogP) is 0.459. The molecular formula is C8H15NO2S. The first-order valence-electron chi connectivity index (χ1n) is 4.28. The van der Waals surface area contributed by atoms with Crippen LogP contribution in [0.25, 0.3) is 0 Å². The van der Waals surface area contributed by atoms with Crippen LogP contribution < -0.4 is 5.32 Å². The summed E-state index contributed by atoms with van der Waals surface area (Å²) in [5.74, 6) is 1.23. The van der Waals surface area contributed by atoms with Crippen LogP contribution in [0.2, 0.25) is 0 Å². The van der Waals surface area contributed by atoms with Gasteiger partial charge in [0.25, 0.3) is 0 Å². The second-order valence-electron chi connectivity index (χ2n) is 3.01. The molecule has 3 nitrogen and oxygen atoms in total. The van der Waals surface area contributed by atoms with Gasteiger partial charge in [-0.05, 0) is 12.2 Å². The molecule has 1 aliphatic rings. The van der Waals surface area contributed by atoms with Gasteiger partial charge in [-0.3, -0.25) is 4.79 Å². The normalized spacial score (nSPS) is 22.6. The van der Waals surface area contributed by atoms with E-state index in [4.69, 9.17) is 4.74 Å². The first kappa shape index (κ1) is 9.86. The Hall–Kier alpha value is -0.220. The SMILES string of the molecule is O=C(CCS)NCC1CCOC1. The van der Waals surface area contributed by atoms with E-state index in [2.05, 4.69) is 17.9 Å². The highest BCUT2D eigenvalue weighted by Gasteiger charge is 2.15. The number of hydrogen-bond donors (Lipinski definition) is 2. The van der Waals surface area contributed by atoms with Crippen LogP contribution in [-0.4, -0.2) is 31.4 Å². The average Bonchev–Trinajstić information content (AvgIpc) is 2.53. The number of thiol groups is 1. The molecule has 0 aromatic carbocycles. The summed E-state index contributed by atoms with van der Waals surface area (Å²) < 4.78 is 5.18. The van der Waals surface area contributed by atoms with Crippen LogP contribution in [0.15, 0.2) is 0 Å². The molecule has 0 radical (unpaired) electrons. The first-order chi connectivity index (χ1) is 5.83. The quantitative estimate of drug-likeness (QED) is 0.631. The minimum absolute atomic E-state index is 0.0944. The van der Waals surface area contributed by atoms with Crippen molar-refractivity contribution in [2.45, 2.75) is 12.8 Å². The second kappa shape index (κ2) is 5.43. The van der Waals surface area contributed by atoms with E-state index in [0.29, 0.717) is 18.1 Å². The number of rotatable bonds is 4. The summed E-state index contributed by atoms with van der Waals surface area (Å²) >= 11 is 3.98. The largest absolute Gasteiger partial charge is 0.381 e. The molecule has 1 aliphatic heterocycles. The van der Waals surface area contributed by atoms with Crippen molar-refractivity contribution in [3.8, 4) is 0 Å². The summed E-state index contributed by atoms with van der Waals surface area (Å²) in [6, 6.07) is 0. The maximum absolute atomic E-state index is 11.0. The van der Waals surface area contributed by atoms with Gasteiger partial charge in [-0.2, -0.15) is 12.6 Å². The molecule has 1 amide bonds. The predicted molar refractivity (Wildman–Crippen MR) is 50.4 cm³/mol. The van der Waals surface area contributed by atoms with Crippen molar-refractivity contribution in [1.82, 2.24) is 5.32 Å². The molecule has 1 heterocycles. The molecule has 1 rings (SSSR count). The highest BCUT2D eigenvalue weighted by atomic mass is 32.1. The maximum Gasteiger partial charge on any atom is 0.220 e. The van der Waals surface area contributed by atoms with Crippen LogP contribution in [0.3, 0.4) is 0 Å². The third kappa shape index (κ3) is 3.45. The smallest absolute Gasteiger partial charge is 0.220 e. The van der Waals surface area contributed by atoms with Crippen molar-refractivity contribution in [3.63, 3.8) is 0 Å². The van der Waals surface area contributed by atoms with Crippen molar-refractivity contribution in [2.75, 3.05) is 25.5 Å². The van der Waals surface area contributed by atoms with Crippen LogP contribution in [0.5, 0.6) is 0 Å². The van der Waals surface area contributed by atoms with Crippen LogP contribution in [-0.2, 0) is 9.53 Å². The van der Waals surface area contributed by atoms with E-state index in [0.717, 1.165) is 26.2 Å². The van der Waals surface area contributed by atoms with Gasteiger partial charge in [0.1, 0.15) is 0 Å². The summed E-state index contributed by atoms with van der Waals surface area (Å²) in [7, 11) is 0. The molecule has 1 N–H and O–H groups in total. The lowest BCUT2D eigenvalue weighted by molar-refractivity contribution is -0.120. The molecule has 70 valence electrons. The molecule has 12 heavy (non-hydrogen) atoms. The third-order valence-corrected chi connectivity index (χ3v) is 2.17. The monoisotopic (exact) mass is 189 g/mol. The minimum atomic E-state index is 0.0944. The Bertz CT molecular complexity index is 146. The zero-order valence-corrected chi connectivity index (χ0v) is 7.98. The van der Waals surface area contributed by atoms with Gasteiger partial charge in [0.15, 0.2) is 0 Å². The number of ether oxygens (including phenoxy) is 1. The topological polar surface area (TPSA) is 38.3 Å². The van der Waals surface area contributed by atoms with Crippen LogP contribution >= 0.6 is 12.6 Å². The van der Waals surface area contributed by atoms with Crippen molar-refractivity contribution in [1.29, 1.82) is 0 Å². The Morgan fingerprint density at radius 1 is 1.67 bits per heavy atom. The molecule has 0 aromatic rings. The molecule has 1 atom stereocenters. The first-order valence-corrected chi connectivity index (χ1v) is 4.91. The Morgan fingerprint density at radius 3 is 3.08 bits per heavy atom. The van der Waals surface area contributed by atoms with E-state index >= 15 is 0 Å². The average molecular weight is 189 g/mol. The van der Waals surface area contributed by atoms with E-state index in [1.54, 1.807) is 0 Å². The lowest BCUT2D eigenvalue weighted by atomic mass is 10.1. The van der Waals surface area contributed by atoms with Gasteiger partial charge in [-0.25, -0.2) is 0 Å². The van der Waals surface area contributed by atoms with Gasteiger partial charge in [0, 0.05) is 25.5 Å². The zero-order valence-electron chi connectivity index (χ0n) is 7.08. The standard InChI is InChI=1S/C8H15NO2S/c10-8(2-4-12)9-5-7-1-3-11-6-7/h7,12H,1-6H2,(H,9,10). The molecule has 0 bridgehead atoms. The third-order valence-electron chi connectivity index (χ3n) is 1.95. The fourth-order valence-corrected chi connectivity index (χ4v) is 1.40. The molecule has 0 aromatic heterocycles. The maximum atomic E-state index is 11.0. The van der Waals surface area contributed by atoms with E-state index in [1.165, 1.54) is 0 Å². The van der Waals surface area contributed by atoms with E-state index < -0.39 is 0 Å². The molecule has 0 aliphatic carbocycles. The minimum Gasteiger partial charge on any atom is -0.381 e. The highest BCUT2D eigenvalue weighted by Crippen LogP contribution is 2.10. The van der Waals surface area contributed by atoms with E-state index in [9.17, 15) is 4.79 Å². The molecular weight excluding hydrogens is 174 g/mol. The van der Waals surface area contributed by atoms with Gasteiger partial charge in [-0.15, -0.1) is 0 Å². The fraction of sp³-hybridized carbons (Fsp3) is 0.875. The van der Waals surface area contributed by atoms with Crippen LogP contribution in [0.4, 0.5) is 0 Å². The van der Waals surface area contributed by atoms with Gasteiger partial charge in [-0.1, -0.05) is 0 Å². The molecule has 0 spiro atoms. The molecule has 1 fully saturated rings. The van der Waals surface area contributed by atoms with Crippen molar-refractivity contribution in [2.24, 2.45) is 5.92 Å². The Balaban J connectivity index is 2.03. The van der Waals surface area contributed by atoms with Crippen molar-refractivity contribution >= 4 is 18.5 Å². The van der Waals surface area contributed by atoms with Gasteiger partial charge >= 0.3 is 0 Å². The number of amides is 1.